The van der Waals surface area contributed by atoms with Crippen LogP contribution in [-0.2, 0) is 11.3 Å². The maximum absolute atomic E-state index is 13.4. The van der Waals surface area contributed by atoms with E-state index in [4.69, 9.17) is 0 Å². The second-order valence-corrected chi connectivity index (χ2v) is 7.71. The van der Waals surface area contributed by atoms with E-state index < -0.39 is 0 Å². The number of aryl methyl sites for hydroxylation is 1. The molecule has 2 aromatic carbocycles. The van der Waals surface area contributed by atoms with Crippen molar-refractivity contribution in [1.29, 1.82) is 0 Å². The summed E-state index contributed by atoms with van der Waals surface area (Å²) in [5.41, 5.74) is 3.90. The predicted octanol–water partition coefficient (Wildman–Crippen LogP) is 3.89. The number of likely N-dealkylation sites (N-methyl/N-ethyl adjacent to an activating group) is 1. The van der Waals surface area contributed by atoms with Crippen molar-refractivity contribution in [3.63, 3.8) is 0 Å². The van der Waals surface area contributed by atoms with E-state index in [0.29, 0.717) is 18.7 Å². The average Bonchev–Trinajstić information content (AvgIpc) is 3.26. The molecular formula is C25H27N3O2. The Bertz CT molecular complexity index is 1020. The van der Waals surface area contributed by atoms with Gasteiger partial charge in [0.15, 0.2) is 0 Å². The predicted molar refractivity (Wildman–Crippen MR) is 117 cm³/mol. The van der Waals surface area contributed by atoms with Crippen molar-refractivity contribution in [2.45, 2.75) is 26.4 Å². The maximum atomic E-state index is 13.4. The lowest BCUT2D eigenvalue weighted by molar-refractivity contribution is -0.134. The summed E-state index contributed by atoms with van der Waals surface area (Å²) in [6.45, 7) is 5.85. The topological polar surface area (TPSA) is 45.6 Å². The van der Waals surface area contributed by atoms with Crippen LogP contribution < -0.4 is 0 Å². The van der Waals surface area contributed by atoms with E-state index in [1.165, 1.54) is 0 Å². The number of aromatic nitrogens is 1. The van der Waals surface area contributed by atoms with E-state index in [-0.39, 0.29) is 24.4 Å². The zero-order valence-corrected chi connectivity index (χ0v) is 17.5. The molecule has 0 N–H and O–H groups in total. The highest BCUT2D eigenvalue weighted by Gasteiger charge is 2.33. The van der Waals surface area contributed by atoms with E-state index in [1.807, 2.05) is 67.3 Å². The number of hydrogen-bond donors (Lipinski definition) is 0. The van der Waals surface area contributed by atoms with Crippen LogP contribution in [0.4, 0.5) is 0 Å². The Morgan fingerprint density at radius 2 is 1.70 bits per heavy atom. The smallest absolute Gasteiger partial charge is 0.254 e. The lowest BCUT2D eigenvalue weighted by Crippen LogP contribution is -2.48. The van der Waals surface area contributed by atoms with Gasteiger partial charge in [-0.25, -0.2) is 0 Å². The minimum absolute atomic E-state index is 0.0291. The summed E-state index contributed by atoms with van der Waals surface area (Å²) >= 11 is 0. The molecule has 4 rings (SSSR count). The zero-order valence-electron chi connectivity index (χ0n) is 17.5. The van der Waals surface area contributed by atoms with Crippen LogP contribution >= 0.6 is 0 Å². The number of rotatable bonds is 5. The first-order chi connectivity index (χ1) is 14.6. The molecule has 0 saturated heterocycles. The Labute approximate surface area is 177 Å². The summed E-state index contributed by atoms with van der Waals surface area (Å²) in [5.74, 6) is -0.138. The minimum atomic E-state index is -0.143. The molecule has 0 aliphatic carbocycles. The fraction of sp³-hybridized carbons (Fsp3) is 0.280. The van der Waals surface area contributed by atoms with Gasteiger partial charge in [-0.3, -0.25) is 9.59 Å². The van der Waals surface area contributed by atoms with Crippen molar-refractivity contribution in [3.8, 4) is 0 Å². The molecular weight excluding hydrogens is 374 g/mol. The van der Waals surface area contributed by atoms with Crippen molar-refractivity contribution in [1.82, 2.24) is 14.4 Å². The minimum Gasteiger partial charge on any atom is -0.348 e. The van der Waals surface area contributed by atoms with Crippen molar-refractivity contribution < 1.29 is 9.59 Å². The third-order valence-electron chi connectivity index (χ3n) is 5.77. The Balaban J connectivity index is 1.58. The molecule has 0 spiro atoms. The van der Waals surface area contributed by atoms with Crippen LogP contribution in [0.2, 0.25) is 0 Å². The van der Waals surface area contributed by atoms with Gasteiger partial charge in [0.25, 0.3) is 5.91 Å². The number of benzene rings is 2. The van der Waals surface area contributed by atoms with Gasteiger partial charge < -0.3 is 14.4 Å². The Hall–Kier alpha value is -3.34. The fourth-order valence-electron chi connectivity index (χ4n) is 4.10. The number of carbonyl (C=O) groups excluding carboxylic acids is 2. The van der Waals surface area contributed by atoms with Gasteiger partial charge in [-0.1, -0.05) is 48.0 Å². The standard InChI is InChI=1S/C25H27N3O2/c1-3-26(25(30)21-13-11-19(2)12-14-21)18-23(29)28-17-16-27-15-7-10-22(27)24(28)20-8-5-4-6-9-20/h4-15,24H,3,16-18H2,1-2H3. The Morgan fingerprint density at radius 1 is 0.967 bits per heavy atom. The Morgan fingerprint density at radius 3 is 2.40 bits per heavy atom. The molecule has 5 heteroatoms. The van der Waals surface area contributed by atoms with Gasteiger partial charge >= 0.3 is 0 Å². The van der Waals surface area contributed by atoms with Crippen LogP contribution in [0.25, 0.3) is 0 Å². The second kappa shape index (κ2) is 8.57. The van der Waals surface area contributed by atoms with Crippen LogP contribution in [-0.4, -0.2) is 45.8 Å². The normalized spacial score (nSPS) is 15.5. The molecule has 1 aromatic heterocycles. The van der Waals surface area contributed by atoms with Crippen molar-refractivity contribution in [3.05, 3.63) is 95.3 Å². The maximum Gasteiger partial charge on any atom is 0.254 e. The number of fused-ring (bicyclic) bond motifs is 1. The summed E-state index contributed by atoms with van der Waals surface area (Å²) < 4.78 is 2.20. The third-order valence-corrected chi connectivity index (χ3v) is 5.77. The first-order valence-electron chi connectivity index (χ1n) is 10.4. The van der Waals surface area contributed by atoms with E-state index in [0.717, 1.165) is 23.4 Å². The molecule has 1 unspecified atom stereocenters. The van der Waals surface area contributed by atoms with Gasteiger partial charge in [0, 0.05) is 37.1 Å². The molecule has 1 atom stereocenters. The molecule has 1 aliphatic heterocycles. The highest BCUT2D eigenvalue weighted by atomic mass is 16.2. The average molecular weight is 402 g/mol. The first-order valence-corrected chi connectivity index (χ1v) is 10.4. The molecule has 1 aliphatic rings. The molecule has 154 valence electrons. The van der Waals surface area contributed by atoms with E-state index in [9.17, 15) is 9.59 Å². The largest absolute Gasteiger partial charge is 0.348 e. The lowest BCUT2D eigenvalue weighted by Gasteiger charge is -2.38. The molecule has 0 saturated carbocycles. The summed E-state index contributed by atoms with van der Waals surface area (Å²) in [4.78, 5) is 29.9. The Kier molecular flexibility index (Phi) is 5.70. The van der Waals surface area contributed by atoms with Gasteiger partial charge in [0.05, 0.1) is 6.04 Å². The second-order valence-electron chi connectivity index (χ2n) is 7.71. The molecule has 2 heterocycles. The van der Waals surface area contributed by atoms with Crippen LogP contribution in [0, 0.1) is 6.92 Å². The summed E-state index contributed by atoms with van der Waals surface area (Å²) in [6.07, 6.45) is 2.06. The molecule has 3 aromatic rings. The van der Waals surface area contributed by atoms with Crippen molar-refractivity contribution >= 4 is 11.8 Å². The van der Waals surface area contributed by atoms with Gasteiger partial charge in [-0.15, -0.1) is 0 Å². The quantitative estimate of drug-likeness (QED) is 0.651. The van der Waals surface area contributed by atoms with Crippen LogP contribution in [0.1, 0.15) is 40.1 Å². The van der Waals surface area contributed by atoms with Crippen molar-refractivity contribution in [2.75, 3.05) is 19.6 Å². The molecule has 5 nitrogen and oxygen atoms in total. The van der Waals surface area contributed by atoms with E-state index in [1.54, 1.807) is 4.90 Å². The number of amides is 2. The number of nitrogens with zero attached hydrogens (tertiary/aromatic N) is 3. The molecule has 0 fully saturated rings. The van der Waals surface area contributed by atoms with E-state index in [2.05, 4.69) is 29.0 Å². The SMILES string of the molecule is CCN(CC(=O)N1CCn2cccc2C1c1ccccc1)C(=O)c1ccc(C)cc1. The molecule has 0 bridgehead atoms. The van der Waals surface area contributed by atoms with Crippen molar-refractivity contribution in [2.24, 2.45) is 0 Å². The third kappa shape index (κ3) is 3.88. The molecule has 2 amide bonds. The van der Waals surface area contributed by atoms with Gasteiger partial charge in [-0.05, 0) is 43.7 Å². The monoisotopic (exact) mass is 401 g/mol. The van der Waals surface area contributed by atoms with Gasteiger partial charge in [-0.2, -0.15) is 0 Å². The van der Waals surface area contributed by atoms with Crippen LogP contribution in [0.5, 0.6) is 0 Å². The highest BCUT2D eigenvalue weighted by Crippen LogP contribution is 2.32. The van der Waals surface area contributed by atoms with Gasteiger partial charge in [0.1, 0.15) is 6.54 Å². The fourth-order valence-corrected chi connectivity index (χ4v) is 4.10. The zero-order chi connectivity index (χ0) is 21.1. The van der Waals surface area contributed by atoms with E-state index >= 15 is 0 Å². The van der Waals surface area contributed by atoms with Crippen LogP contribution in [0.3, 0.4) is 0 Å². The summed E-state index contributed by atoms with van der Waals surface area (Å²) in [5, 5.41) is 0. The van der Waals surface area contributed by atoms with Crippen LogP contribution in [0.15, 0.2) is 72.9 Å². The number of hydrogen-bond acceptors (Lipinski definition) is 2. The molecule has 30 heavy (non-hydrogen) atoms. The summed E-state index contributed by atoms with van der Waals surface area (Å²) in [7, 11) is 0. The lowest BCUT2D eigenvalue weighted by atomic mass is 10.00. The number of carbonyl (C=O) groups is 2. The first kappa shape index (κ1) is 20.0. The highest BCUT2D eigenvalue weighted by molar-refractivity contribution is 5.96. The summed E-state index contributed by atoms with van der Waals surface area (Å²) in [6, 6.07) is 21.6. The van der Waals surface area contributed by atoms with Gasteiger partial charge in [0.2, 0.25) is 5.91 Å². The molecule has 0 radical (unpaired) electrons.